The van der Waals surface area contributed by atoms with Crippen LogP contribution in [-0.2, 0) is 0 Å². The van der Waals surface area contributed by atoms with Gasteiger partial charge in [-0.3, -0.25) is 9.80 Å². The molecule has 2 heterocycles. The topological polar surface area (TPSA) is 61.2 Å². The maximum Gasteiger partial charge on any atom is 0.137 e. The number of hydrogen-bond donors (Lipinski definition) is 2. The van der Waals surface area contributed by atoms with Gasteiger partial charge in [0.25, 0.3) is 0 Å². The summed E-state index contributed by atoms with van der Waals surface area (Å²) in [5.74, 6) is 0.917. The Labute approximate surface area is 138 Å². The third-order valence-electron chi connectivity index (χ3n) is 4.74. The van der Waals surface area contributed by atoms with Crippen LogP contribution in [0.4, 0.5) is 0 Å². The smallest absolute Gasteiger partial charge is 0.137 e. The molecule has 3 N–H and O–H groups in total. The van der Waals surface area contributed by atoms with Gasteiger partial charge in [0, 0.05) is 44.3 Å². The number of aromatic amines is 1. The van der Waals surface area contributed by atoms with Crippen LogP contribution in [0.3, 0.4) is 0 Å². The molecule has 0 spiro atoms. The first-order chi connectivity index (χ1) is 11.2. The molecule has 1 aliphatic heterocycles. The highest BCUT2D eigenvalue weighted by Gasteiger charge is 2.26. The molecule has 1 saturated heterocycles. The van der Waals surface area contributed by atoms with E-state index in [0.29, 0.717) is 12.6 Å². The number of aromatic nitrogens is 2. The van der Waals surface area contributed by atoms with Crippen molar-refractivity contribution in [2.24, 2.45) is 5.73 Å². The lowest BCUT2D eigenvalue weighted by Crippen LogP contribution is -2.50. The van der Waals surface area contributed by atoms with E-state index in [2.05, 4.69) is 45.7 Å². The number of rotatable bonds is 5. The Morgan fingerprint density at radius 3 is 2.35 bits per heavy atom. The van der Waals surface area contributed by atoms with Gasteiger partial charge in [-0.05, 0) is 13.8 Å². The maximum atomic E-state index is 6.07. The number of nitrogens with zero attached hydrogens (tertiary/aromatic N) is 3. The molecule has 1 aromatic heterocycles. The Hall–Kier alpha value is -1.69. The van der Waals surface area contributed by atoms with Gasteiger partial charge >= 0.3 is 0 Å². The molecule has 23 heavy (non-hydrogen) atoms. The molecule has 0 amide bonds. The first-order valence-electron chi connectivity index (χ1n) is 8.47. The van der Waals surface area contributed by atoms with Crippen LogP contribution in [0.2, 0.25) is 0 Å². The van der Waals surface area contributed by atoms with Crippen molar-refractivity contribution in [3.63, 3.8) is 0 Å². The third-order valence-corrected chi connectivity index (χ3v) is 4.74. The summed E-state index contributed by atoms with van der Waals surface area (Å²) in [7, 11) is 0. The van der Waals surface area contributed by atoms with Gasteiger partial charge in [-0.1, -0.05) is 30.3 Å². The number of benzene rings is 1. The van der Waals surface area contributed by atoms with Gasteiger partial charge in [0.1, 0.15) is 5.82 Å². The average molecular weight is 313 g/mol. The number of hydrogen-bond acceptors (Lipinski definition) is 4. The molecule has 0 aliphatic carbocycles. The van der Waals surface area contributed by atoms with Crippen molar-refractivity contribution in [1.82, 2.24) is 19.8 Å². The van der Waals surface area contributed by atoms with Crippen molar-refractivity contribution in [1.29, 1.82) is 0 Å². The van der Waals surface area contributed by atoms with Gasteiger partial charge in [0.05, 0.1) is 17.9 Å². The van der Waals surface area contributed by atoms with Gasteiger partial charge in [0.15, 0.2) is 0 Å². The van der Waals surface area contributed by atoms with E-state index in [1.807, 2.05) is 24.4 Å². The molecule has 124 valence electrons. The van der Waals surface area contributed by atoms with Crippen LogP contribution < -0.4 is 5.73 Å². The second-order valence-corrected chi connectivity index (χ2v) is 6.47. The van der Waals surface area contributed by atoms with Crippen LogP contribution in [0.5, 0.6) is 0 Å². The van der Waals surface area contributed by atoms with Gasteiger partial charge in [-0.2, -0.15) is 0 Å². The van der Waals surface area contributed by atoms with Crippen molar-refractivity contribution < 1.29 is 0 Å². The van der Waals surface area contributed by atoms with E-state index in [1.54, 1.807) is 0 Å². The molecule has 0 radical (unpaired) electrons. The summed E-state index contributed by atoms with van der Waals surface area (Å²) in [6.07, 6.45) is 1.94. The average Bonchev–Trinajstić information content (AvgIpc) is 3.06. The molecule has 1 unspecified atom stereocenters. The lowest BCUT2D eigenvalue weighted by molar-refractivity contribution is 0.0791. The summed E-state index contributed by atoms with van der Waals surface area (Å²) in [4.78, 5) is 13.0. The van der Waals surface area contributed by atoms with Crippen molar-refractivity contribution in [3.8, 4) is 11.4 Å². The highest BCUT2D eigenvalue weighted by Crippen LogP contribution is 2.23. The largest absolute Gasteiger partial charge is 0.341 e. The molecule has 3 rings (SSSR count). The molecule has 1 fully saturated rings. The molecule has 0 bridgehead atoms. The van der Waals surface area contributed by atoms with Gasteiger partial charge < -0.3 is 10.7 Å². The van der Waals surface area contributed by atoms with Crippen LogP contribution in [0.1, 0.15) is 25.6 Å². The molecule has 0 saturated carbocycles. The fourth-order valence-corrected chi connectivity index (χ4v) is 3.29. The maximum absolute atomic E-state index is 6.07. The van der Waals surface area contributed by atoms with Crippen LogP contribution in [0.25, 0.3) is 11.4 Å². The summed E-state index contributed by atoms with van der Waals surface area (Å²) in [5.41, 5.74) is 8.30. The van der Waals surface area contributed by atoms with Crippen molar-refractivity contribution in [3.05, 3.63) is 42.2 Å². The SMILES string of the molecule is CC(C)N1CCN(C(CN)c2cnc(-c3ccccc3)[nH]2)CC1. The number of imidazole rings is 1. The molecule has 5 nitrogen and oxygen atoms in total. The molecule has 1 atom stereocenters. The third kappa shape index (κ3) is 3.63. The zero-order chi connectivity index (χ0) is 16.2. The quantitative estimate of drug-likeness (QED) is 0.887. The fraction of sp³-hybridized carbons (Fsp3) is 0.500. The Balaban J connectivity index is 1.71. The fourth-order valence-electron chi connectivity index (χ4n) is 3.29. The summed E-state index contributed by atoms with van der Waals surface area (Å²) in [6.45, 7) is 9.45. The minimum absolute atomic E-state index is 0.217. The van der Waals surface area contributed by atoms with Crippen LogP contribution in [-0.4, -0.2) is 58.5 Å². The first kappa shape index (κ1) is 16.2. The van der Waals surface area contributed by atoms with Crippen molar-refractivity contribution in [2.75, 3.05) is 32.7 Å². The molecular weight excluding hydrogens is 286 g/mol. The zero-order valence-electron chi connectivity index (χ0n) is 14.1. The Kier molecular flexibility index (Phi) is 5.10. The van der Waals surface area contributed by atoms with E-state index < -0.39 is 0 Å². The monoisotopic (exact) mass is 313 g/mol. The van der Waals surface area contributed by atoms with Gasteiger partial charge in [-0.25, -0.2) is 4.98 Å². The standard InChI is InChI=1S/C18H27N5/c1-14(2)22-8-10-23(11-9-22)17(12-19)16-13-20-18(21-16)15-6-4-3-5-7-15/h3-7,13-14,17H,8-12,19H2,1-2H3,(H,20,21). The van der Waals surface area contributed by atoms with Crippen molar-refractivity contribution in [2.45, 2.75) is 25.9 Å². The lowest BCUT2D eigenvalue weighted by atomic mass is 10.1. The summed E-state index contributed by atoms with van der Waals surface area (Å²) in [5, 5.41) is 0. The normalized spacial score (nSPS) is 18.4. The Bertz CT molecular complexity index is 599. The number of piperazine rings is 1. The molecule has 2 aromatic rings. The summed E-state index contributed by atoms with van der Waals surface area (Å²) >= 11 is 0. The van der Waals surface area contributed by atoms with Gasteiger partial charge in [-0.15, -0.1) is 0 Å². The van der Waals surface area contributed by atoms with Crippen LogP contribution in [0.15, 0.2) is 36.5 Å². The van der Waals surface area contributed by atoms with E-state index in [0.717, 1.165) is 43.3 Å². The Morgan fingerprint density at radius 2 is 1.74 bits per heavy atom. The van der Waals surface area contributed by atoms with Crippen LogP contribution >= 0.6 is 0 Å². The van der Waals surface area contributed by atoms with Crippen LogP contribution in [0, 0.1) is 0 Å². The molecule has 1 aliphatic rings. The lowest BCUT2D eigenvalue weighted by Gasteiger charge is -2.40. The number of nitrogens with one attached hydrogen (secondary N) is 1. The molecule has 5 heteroatoms. The second-order valence-electron chi connectivity index (χ2n) is 6.47. The van der Waals surface area contributed by atoms with E-state index >= 15 is 0 Å². The zero-order valence-corrected chi connectivity index (χ0v) is 14.1. The molecular formula is C18H27N5. The van der Waals surface area contributed by atoms with Crippen molar-refractivity contribution >= 4 is 0 Å². The number of H-pyrrole nitrogens is 1. The highest BCUT2D eigenvalue weighted by atomic mass is 15.3. The van der Waals surface area contributed by atoms with E-state index in [4.69, 9.17) is 5.73 Å². The number of nitrogens with two attached hydrogens (primary N) is 1. The van der Waals surface area contributed by atoms with E-state index in [9.17, 15) is 0 Å². The summed E-state index contributed by atoms with van der Waals surface area (Å²) < 4.78 is 0. The minimum Gasteiger partial charge on any atom is -0.341 e. The first-order valence-corrected chi connectivity index (χ1v) is 8.47. The van der Waals surface area contributed by atoms with E-state index in [1.165, 1.54) is 0 Å². The molecule has 1 aromatic carbocycles. The second kappa shape index (κ2) is 7.25. The van der Waals surface area contributed by atoms with Gasteiger partial charge in [0.2, 0.25) is 0 Å². The highest BCUT2D eigenvalue weighted by molar-refractivity contribution is 5.54. The summed E-state index contributed by atoms with van der Waals surface area (Å²) in [6, 6.07) is 11.1. The minimum atomic E-state index is 0.217. The predicted molar refractivity (Wildman–Crippen MR) is 94.1 cm³/mol. The van der Waals surface area contributed by atoms with E-state index in [-0.39, 0.29) is 6.04 Å². The Morgan fingerprint density at radius 1 is 1.09 bits per heavy atom. The predicted octanol–water partition coefficient (Wildman–Crippen LogP) is 2.10.